The van der Waals surface area contributed by atoms with Gasteiger partial charge in [-0.25, -0.2) is 0 Å². The van der Waals surface area contributed by atoms with E-state index in [-0.39, 0.29) is 6.04 Å². The molecule has 98 valence electrons. The number of rotatable bonds is 3. The van der Waals surface area contributed by atoms with E-state index >= 15 is 0 Å². The van der Waals surface area contributed by atoms with Crippen molar-refractivity contribution in [3.05, 3.63) is 28.8 Å². The Morgan fingerprint density at radius 3 is 2.50 bits per heavy atom. The predicted octanol–water partition coefficient (Wildman–Crippen LogP) is 3.36. The first-order valence-electron chi connectivity index (χ1n) is 7.04. The van der Waals surface area contributed by atoms with Crippen molar-refractivity contribution >= 4 is 0 Å². The zero-order valence-electron chi connectivity index (χ0n) is 11.6. The highest BCUT2D eigenvalue weighted by molar-refractivity contribution is 5.46. The van der Waals surface area contributed by atoms with Crippen LogP contribution in [-0.2, 0) is 0 Å². The number of benzene rings is 1. The number of ether oxygens (including phenoxy) is 1. The molecule has 2 heteroatoms. The van der Waals surface area contributed by atoms with Crippen LogP contribution in [0.25, 0.3) is 0 Å². The Kier molecular flexibility index (Phi) is 2.86. The van der Waals surface area contributed by atoms with Gasteiger partial charge in [-0.15, -0.1) is 0 Å². The molecule has 0 bridgehead atoms. The Hall–Kier alpha value is -1.02. The molecular formula is C16H23NO. The summed E-state index contributed by atoms with van der Waals surface area (Å²) in [7, 11) is 1.75. The van der Waals surface area contributed by atoms with Gasteiger partial charge in [0.25, 0.3) is 0 Å². The summed E-state index contributed by atoms with van der Waals surface area (Å²) in [6.45, 7) is 4.26. The molecule has 1 aromatic carbocycles. The van der Waals surface area contributed by atoms with Gasteiger partial charge in [0.15, 0.2) is 0 Å². The minimum Gasteiger partial charge on any atom is -0.496 e. The van der Waals surface area contributed by atoms with Crippen molar-refractivity contribution in [1.82, 2.24) is 0 Å². The zero-order valence-corrected chi connectivity index (χ0v) is 11.6. The average molecular weight is 245 g/mol. The number of hydrogen-bond acceptors (Lipinski definition) is 2. The van der Waals surface area contributed by atoms with E-state index in [1.54, 1.807) is 7.11 Å². The second-order valence-electron chi connectivity index (χ2n) is 6.06. The lowest BCUT2D eigenvalue weighted by molar-refractivity contribution is 0.396. The molecule has 0 heterocycles. The third-order valence-electron chi connectivity index (χ3n) is 4.93. The second kappa shape index (κ2) is 4.27. The van der Waals surface area contributed by atoms with Crippen molar-refractivity contribution in [2.75, 3.05) is 7.11 Å². The summed E-state index contributed by atoms with van der Waals surface area (Å²) in [5, 5.41) is 0. The third kappa shape index (κ3) is 1.74. The predicted molar refractivity (Wildman–Crippen MR) is 73.7 cm³/mol. The Balaban J connectivity index is 1.91. The quantitative estimate of drug-likeness (QED) is 0.886. The van der Waals surface area contributed by atoms with E-state index in [0.29, 0.717) is 5.92 Å². The van der Waals surface area contributed by atoms with Crippen molar-refractivity contribution in [2.45, 2.75) is 39.2 Å². The lowest BCUT2D eigenvalue weighted by Crippen LogP contribution is -2.18. The van der Waals surface area contributed by atoms with Gasteiger partial charge in [-0.1, -0.05) is 12.5 Å². The summed E-state index contributed by atoms with van der Waals surface area (Å²) < 4.78 is 5.55. The molecule has 0 aliphatic heterocycles. The standard InChI is InChI=1S/C16H23NO/c1-9-7-10(2)14(13(8-9)18-3)16(17)15-11-5-4-6-12(11)15/h7-8,11-12,15-16H,4-6,17H2,1-3H3. The maximum atomic E-state index is 6.54. The van der Waals surface area contributed by atoms with E-state index in [2.05, 4.69) is 26.0 Å². The molecule has 0 saturated heterocycles. The van der Waals surface area contributed by atoms with Gasteiger partial charge in [0, 0.05) is 11.6 Å². The van der Waals surface area contributed by atoms with Crippen LogP contribution in [0.3, 0.4) is 0 Å². The van der Waals surface area contributed by atoms with Gasteiger partial charge in [0.05, 0.1) is 7.11 Å². The molecule has 2 nitrogen and oxygen atoms in total. The van der Waals surface area contributed by atoms with Crippen molar-refractivity contribution in [3.8, 4) is 5.75 Å². The molecule has 2 fully saturated rings. The lowest BCUT2D eigenvalue weighted by atomic mass is 9.92. The summed E-state index contributed by atoms with van der Waals surface area (Å²) in [4.78, 5) is 0. The first-order valence-corrected chi connectivity index (χ1v) is 7.04. The van der Waals surface area contributed by atoms with Gasteiger partial charge >= 0.3 is 0 Å². The van der Waals surface area contributed by atoms with Crippen molar-refractivity contribution in [3.63, 3.8) is 0 Å². The maximum absolute atomic E-state index is 6.54. The Bertz CT molecular complexity index is 458. The fraction of sp³-hybridized carbons (Fsp3) is 0.625. The van der Waals surface area contributed by atoms with Gasteiger partial charge in [-0.05, 0) is 61.6 Å². The molecule has 3 atom stereocenters. The van der Waals surface area contributed by atoms with Crippen LogP contribution >= 0.6 is 0 Å². The van der Waals surface area contributed by atoms with Crippen molar-refractivity contribution < 1.29 is 4.74 Å². The third-order valence-corrected chi connectivity index (χ3v) is 4.93. The molecule has 0 radical (unpaired) electrons. The van der Waals surface area contributed by atoms with Crippen LogP contribution in [0.15, 0.2) is 12.1 Å². The van der Waals surface area contributed by atoms with Crippen molar-refractivity contribution in [2.24, 2.45) is 23.5 Å². The summed E-state index contributed by atoms with van der Waals surface area (Å²) in [6, 6.07) is 4.49. The molecule has 0 amide bonds. The number of hydrogen-bond donors (Lipinski definition) is 1. The van der Waals surface area contributed by atoms with Gasteiger partial charge < -0.3 is 10.5 Å². The maximum Gasteiger partial charge on any atom is 0.124 e. The topological polar surface area (TPSA) is 35.2 Å². The molecule has 2 N–H and O–H groups in total. The monoisotopic (exact) mass is 245 g/mol. The first kappa shape index (κ1) is 12.0. The van der Waals surface area contributed by atoms with Gasteiger partial charge in [-0.2, -0.15) is 0 Å². The second-order valence-corrected chi connectivity index (χ2v) is 6.06. The minimum atomic E-state index is 0.163. The molecule has 2 aliphatic rings. The fourth-order valence-corrected chi connectivity index (χ4v) is 4.14. The molecule has 0 spiro atoms. The lowest BCUT2D eigenvalue weighted by Gasteiger charge is -2.20. The Morgan fingerprint density at radius 1 is 1.22 bits per heavy atom. The highest BCUT2D eigenvalue weighted by atomic mass is 16.5. The fourth-order valence-electron chi connectivity index (χ4n) is 4.14. The number of fused-ring (bicyclic) bond motifs is 1. The molecule has 1 aromatic rings. The van der Waals surface area contributed by atoms with E-state index in [4.69, 9.17) is 10.5 Å². The van der Waals surface area contributed by atoms with Gasteiger partial charge in [0.2, 0.25) is 0 Å². The number of aryl methyl sites for hydroxylation is 2. The average Bonchev–Trinajstić information content (AvgIpc) is 2.81. The van der Waals surface area contributed by atoms with Gasteiger partial charge in [-0.3, -0.25) is 0 Å². The Morgan fingerprint density at radius 2 is 1.89 bits per heavy atom. The molecule has 2 aliphatic carbocycles. The highest BCUT2D eigenvalue weighted by Crippen LogP contribution is 2.62. The smallest absolute Gasteiger partial charge is 0.124 e. The van der Waals surface area contributed by atoms with E-state index < -0.39 is 0 Å². The van der Waals surface area contributed by atoms with E-state index in [9.17, 15) is 0 Å². The molecular weight excluding hydrogens is 222 g/mol. The summed E-state index contributed by atoms with van der Waals surface area (Å²) in [5.74, 6) is 3.47. The van der Waals surface area contributed by atoms with Crippen LogP contribution in [0, 0.1) is 31.6 Å². The normalized spacial score (nSPS) is 31.0. The highest BCUT2D eigenvalue weighted by Gasteiger charge is 2.55. The van der Waals surface area contributed by atoms with Crippen LogP contribution in [0.2, 0.25) is 0 Å². The number of methoxy groups -OCH3 is 1. The van der Waals surface area contributed by atoms with Crippen LogP contribution < -0.4 is 10.5 Å². The van der Waals surface area contributed by atoms with E-state index in [0.717, 1.165) is 17.6 Å². The van der Waals surface area contributed by atoms with Crippen LogP contribution in [0.1, 0.15) is 42.0 Å². The van der Waals surface area contributed by atoms with E-state index in [1.165, 1.54) is 36.0 Å². The van der Waals surface area contributed by atoms with Crippen LogP contribution in [0.4, 0.5) is 0 Å². The van der Waals surface area contributed by atoms with Crippen LogP contribution in [0.5, 0.6) is 5.75 Å². The molecule has 2 saturated carbocycles. The summed E-state index contributed by atoms with van der Waals surface area (Å²) in [6.07, 6.45) is 4.18. The first-order chi connectivity index (χ1) is 8.63. The summed E-state index contributed by atoms with van der Waals surface area (Å²) >= 11 is 0. The molecule has 0 aromatic heterocycles. The van der Waals surface area contributed by atoms with Crippen LogP contribution in [-0.4, -0.2) is 7.11 Å². The molecule has 3 unspecified atom stereocenters. The largest absolute Gasteiger partial charge is 0.496 e. The zero-order chi connectivity index (χ0) is 12.9. The molecule has 18 heavy (non-hydrogen) atoms. The minimum absolute atomic E-state index is 0.163. The number of nitrogens with two attached hydrogens (primary N) is 1. The Labute approximate surface area is 110 Å². The van der Waals surface area contributed by atoms with Gasteiger partial charge in [0.1, 0.15) is 5.75 Å². The van der Waals surface area contributed by atoms with E-state index in [1.807, 2.05) is 0 Å². The van der Waals surface area contributed by atoms with Crippen molar-refractivity contribution in [1.29, 1.82) is 0 Å². The molecule has 3 rings (SSSR count). The SMILES string of the molecule is COc1cc(C)cc(C)c1C(N)C1C2CCCC21. The summed E-state index contributed by atoms with van der Waals surface area (Å²) in [5.41, 5.74) is 10.3.